The Morgan fingerprint density at radius 1 is 1.12 bits per heavy atom. The molecule has 0 unspecified atom stereocenters. The van der Waals surface area contributed by atoms with E-state index in [0.717, 1.165) is 34.5 Å². The number of anilines is 1. The van der Waals surface area contributed by atoms with Crippen molar-refractivity contribution in [3.8, 4) is 11.5 Å². The van der Waals surface area contributed by atoms with Gasteiger partial charge in [-0.3, -0.25) is 4.99 Å². The van der Waals surface area contributed by atoms with Crippen LogP contribution in [0.2, 0.25) is 0 Å². The van der Waals surface area contributed by atoms with Crippen LogP contribution in [0.4, 0.5) is 5.69 Å². The van der Waals surface area contributed by atoms with Crippen LogP contribution in [0.1, 0.15) is 12.0 Å². The second-order valence-electron chi connectivity index (χ2n) is 5.45. The molecule has 2 aromatic carbocycles. The van der Waals surface area contributed by atoms with Crippen molar-refractivity contribution in [3.05, 3.63) is 52.5 Å². The Balaban J connectivity index is 1.59. The van der Waals surface area contributed by atoms with E-state index in [1.54, 1.807) is 0 Å². The van der Waals surface area contributed by atoms with Crippen LogP contribution in [0.5, 0.6) is 11.5 Å². The van der Waals surface area contributed by atoms with Gasteiger partial charge >= 0.3 is 0 Å². The molecule has 1 aliphatic rings. The third kappa shape index (κ3) is 4.41. The minimum absolute atomic E-state index is 0.386. The molecule has 24 heavy (non-hydrogen) atoms. The Kier molecular flexibility index (Phi) is 5.59. The highest BCUT2D eigenvalue weighted by atomic mass is 79.9. The molecule has 0 radical (unpaired) electrons. The first-order valence-electron chi connectivity index (χ1n) is 7.92. The molecule has 0 fully saturated rings. The summed E-state index contributed by atoms with van der Waals surface area (Å²) in [6.07, 6.45) is 1.71. The highest BCUT2D eigenvalue weighted by Gasteiger charge is 2.10. The number of nitrogens with two attached hydrogens (primary N) is 1. The molecular formula is C18H20BrN3O2. The molecule has 6 heteroatoms. The Hall–Kier alpha value is -2.21. The summed E-state index contributed by atoms with van der Waals surface area (Å²) in [6, 6.07) is 13.8. The second-order valence-corrected chi connectivity index (χ2v) is 6.30. The Morgan fingerprint density at radius 2 is 1.92 bits per heavy atom. The van der Waals surface area contributed by atoms with Crippen molar-refractivity contribution in [2.45, 2.75) is 12.8 Å². The molecule has 0 saturated carbocycles. The van der Waals surface area contributed by atoms with Crippen molar-refractivity contribution >= 4 is 27.6 Å². The fourth-order valence-corrected chi connectivity index (χ4v) is 2.91. The van der Waals surface area contributed by atoms with Crippen LogP contribution in [0, 0.1) is 0 Å². The van der Waals surface area contributed by atoms with E-state index in [2.05, 4.69) is 32.3 Å². The predicted molar refractivity (Wildman–Crippen MR) is 100 cm³/mol. The average molecular weight is 390 g/mol. The Bertz CT molecular complexity index is 734. The van der Waals surface area contributed by atoms with Gasteiger partial charge in [0.05, 0.1) is 13.2 Å². The normalized spacial score (nSPS) is 14.1. The standard InChI is InChI=1S/C18H20BrN3O2/c19-15-5-2-1-4-13(15)8-9-21-18(20)22-14-6-7-16-17(12-14)24-11-3-10-23-16/h1-2,4-7,12H,3,8-11H2,(H3,20,21,22). The highest BCUT2D eigenvalue weighted by Crippen LogP contribution is 2.32. The number of aliphatic imine (C=N–C) groups is 1. The number of hydrogen-bond donors (Lipinski definition) is 2. The lowest BCUT2D eigenvalue weighted by Gasteiger charge is -2.11. The van der Waals surface area contributed by atoms with Crippen LogP contribution in [-0.2, 0) is 6.42 Å². The van der Waals surface area contributed by atoms with Gasteiger partial charge in [-0.05, 0) is 30.2 Å². The predicted octanol–water partition coefficient (Wildman–Crippen LogP) is 3.58. The van der Waals surface area contributed by atoms with E-state index in [0.29, 0.717) is 25.7 Å². The first-order valence-corrected chi connectivity index (χ1v) is 8.72. The van der Waals surface area contributed by atoms with E-state index >= 15 is 0 Å². The molecule has 0 spiro atoms. The van der Waals surface area contributed by atoms with Crippen molar-refractivity contribution < 1.29 is 9.47 Å². The molecule has 0 saturated heterocycles. The summed E-state index contributed by atoms with van der Waals surface area (Å²) in [6.45, 7) is 1.95. The molecule has 0 aromatic heterocycles. The number of rotatable bonds is 4. The molecule has 0 aliphatic carbocycles. The molecule has 126 valence electrons. The van der Waals surface area contributed by atoms with Crippen molar-refractivity contribution in [1.29, 1.82) is 0 Å². The first kappa shape index (κ1) is 16.6. The highest BCUT2D eigenvalue weighted by molar-refractivity contribution is 9.10. The van der Waals surface area contributed by atoms with Gasteiger partial charge in [-0.1, -0.05) is 34.1 Å². The smallest absolute Gasteiger partial charge is 0.193 e. The number of benzene rings is 2. The van der Waals surface area contributed by atoms with E-state index in [-0.39, 0.29) is 0 Å². The summed E-state index contributed by atoms with van der Waals surface area (Å²) in [5.41, 5.74) is 8.02. The van der Waals surface area contributed by atoms with Crippen LogP contribution in [-0.4, -0.2) is 25.7 Å². The summed E-state index contributed by atoms with van der Waals surface area (Å²) >= 11 is 3.54. The summed E-state index contributed by atoms with van der Waals surface area (Å²) < 4.78 is 12.4. The SMILES string of the molecule is NC(=NCCc1ccccc1Br)Nc1ccc2c(c1)OCCCO2. The number of halogens is 1. The molecule has 0 amide bonds. The van der Waals surface area contributed by atoms with Crippen molar-refractivity contribution in [2.24, 2.45) is 10.7 Å². The zero-order valence-electron chi connectivity index (χ0n) is 13.3. The van der Waals surface area contributed by atoms with Gasteiger partial charge in [0, 0.05) is 29.2 Å². The lowest BCUT2D eigenvalue weighted by molar-refractivity contribution is 0.297. The van der Waals surface area contributed by atoms with Crippen LogP contribution in [0.25, 0.3) is 0 Å². The minimum atomic E-state index is 0.386. The zero-order valence-corrected chi connectivity index (χ0v) is 14.9. The topological polar surface area (TPSA) is 68.9 Å². The summed E-state index contributed by atoms with van der Waals surface area (Å²) in [5.74, 6) is 1.89. The number of guanidine groups is 1. The van der Waals surface area contributed by atoms with Gasteiger partial charge in [0.25, 0.3) is 0 Å². The first-order chi connectivity index (χ1) is 11.7. The largest absolute Gasteiger partial charge is 0.490 e. The lowest BCUT2D eigenvalue weighted by atomic mass is 10.1. The maximum Gasteiger partial charge on any atom is 0.193 e. The minimum Gasteiger partial charge on any atom is -0.490 e. The molecule has 2 aromatic rings. The second kappa shape index (κ2) is 8.06. The Morgan fingerprint density at radius 3 is 2.75 bits per heavy atom. The maximum atomic E-state index is 5.97. The number of hydrogen-bond acceptors (Lipinski definition) is 3. The van der Waals surface area contributed by atoms with Gasteiger partial charge in [0.15, 0.2) is 17.5 Å². The maximum absolute atomic E-state index is 5.97. The van der Waals surface area contributed by atoms with E-state index in [9.17, 15) is 0 Å². The van der Waals surface area contributed by atoms with Crippen molar-refractivity contribution in [3.63, 3.8) is 0 Å². The van der Waals surface area contributed by atoms with Gasteiger partial charge in [-0.25, -0.2) is 0 Å². The monoisotopic (exact) mass is 389 g/mol. The number of nitrogens with one attached hydrogen (secondary N) is 1. The third-order valence-corrected chi connectivity index (χ3v) is 4.41. The van der Waals surface area contributed by atoms with Gasteiger partial charge in [0.2, 0.25) is 0 Å². The molecule has 0 atom stereocenters. The summed E-state index contributed by atoms with van der Waals surface area (Å²) in [7, 11) is 0. The molecule has 3 N–H and O–H groups in total. The van der Waals surface area contributed by atoms with Gasteiger partial charge in [0.1, 0.15) is 0 Å². The molecule has 5 nitrogen and oxygen atoms in total. The number of nitrogens with zero attached hydrogens (tertiary/aromatic N) is 1. The van der Waals surface area contributed by atoms with Crippen LogP contribution in [0.15, 0.2) is 51.9 Å². The molecule has 3 rings (SSSR count). The summed E-state index contributed by atoms with van der Waals surface area (Å²) in [5, 5.41) is 3.09. The fraction of sp³-hybridized carbons (Fsp3) is 0.278. The van der Waals surface area contributed by atoms with E-state index in [1.807, 2.05) is 36.4 Å². The fourth-order valence-electron chi connectivity index (χ4n) is 2.43. The van der Waals surface area contributed by atoms with Gasteiger partial charge in [-0.15, -0.1) is 0 Å². The van der Waals surface area contributed by atoms with Crippen LogP contribution >= 0.6 is 15.9 Å². The third-order valence-electron chi connectivity index (χ3n) is 3.64. The van der Waals surface area contributed by atoms with Crippen molar-refractivity contribution in [2.75, 3.05) is 25.1 Å². The van der Waals surface area contributed by atoms with E-state index < -0.39 is 0 Å². The Labute approximate surface area is 150 Å². The van der Waals surface area contributed by atoms with Crippen LogP contribution in [0.3, 0.4) is 0 Å². The van der Waals surface area contributed by atoms with Crippen LogP contribution < -0.4 is 20.5 Å². The van der Waals surface area contributed by atoms with Gasteiger partial charge < -0.3 is 20.5 Å². The van der Waals surface area contributed by atoms with Gasteiger partial charge in [-0.2, -0.15) is 0 Å². The average Bonchev–Trinajstić information content (AvgIpc) is 2.81. The van der Waals surface area contributed by atoms with E-state index in [4.69, 9.17) is 15.2 Å². The quantitative estimate of drug-likeness (QED) is 0.619. The van der Waals surface area contributed by atoms with E-state index in [1.165, 1.54) is 5.56 Å². The molecular weight excluding hydrogens is 370 g/mol. The number of fused-ring (bicyclic) bond motifs is 1. The molecule has 0 bridgehead atoms. The van der Waals surface area contributed by atoms with Crippen molar-refractivity contribution in [1.82, 2.24) is 0 Å². The number of ether oxygens (including phenoxy) is 2. The molecule has 1 aliphatic heterocycles. The zero-order chi connectivity index (χ0) is 16.8. The lowest BCUT2D eigenvalue weighted by Crippen LogP contribution is -2.23. The summed E-state index contributed by atoms with van der Waals surface area (Å²) in [4.78, 5) is 4.38. The molecule has 1 heterocycles.